The molecule has 0 unspecified atom stereocenters. The molecular weight excluding hydrogens is 691 g/mol. The lowest BCUT2D eigenvalue weighted by molar-refractivity contribution is 0.0204. The van der Waals surface area contributed by atoms with Crippen LogP contribution in [0, 0.1) is 6.92 Å². The van der Waals surface area contributed by atoms with Gasteiger partial charge in [-0.3, -0.25) is 4.57 Å². The van der Waals surface area contributed by atoms with Gasteiger partial charge in [-0.05, 0) is 83.2 Å². The number of hydrogen-bond donors (Lipinski definition) is 0. The molecule has 1 saturated heterocycles. The number of para-hydroxylation sites is 1. The Balaban J connectivity index is 1.37. The number of likely N-dealkylation sites (tertiary alicyclic amines) is 1. The van der Waals surface area contributed by atoms with Crippen LogP contribution in [-0.4, -0.2) is 83.7 Å². The van der Waals surface area contributed by atoms with Crippen LogP contribution >= 0.6 is 22.7 Å². The number of hydrogen-bond acceptors (Lipinski definition) is 12. The van der Waals surface area contributed by atoms with E-state index in [1.54, 1.807) is 23.2 Å². The highest BCUT2D eigenvalue weighted by atomic mass is 32.1. The molecule has 15 heteroatoms. The summed E-state index contributed by atoms with van der Waals surface area (Å²) in [4.78, 5) is 40.6. The first-order valence-corrected chi connectivity index (χ1v) is 22.4. The molecule has 4 heterocycles. The van der Waals surface area contributed by atoms with Gasteiger partial charge >= 0.3 is 12.1 Å². The summed E-state index contributed by atoms with van der Waals surface area (Å²) in [5.41, 5.74) is 1.67. The average molecular weight is 740 g/mol. The van der Waals surface area contributed by atoms with Crippen LogP contribution in [0.15, 0.2) is 35.3 Å². The summed E-state index contributed by atoms with van der Waals surface area (Å²) < 4.78 is 20.3. The molecule has 1 fully saturated rings. The average Bonchev–Trinajstić information content (AvgIpc) is 3.65. The Hall–Kier alpha value is -3.66. The number of carbonyl (C=O) groups excluding carboxylic acids is 2. The van der Waals surface area contributed by atoms with E-state index in [1.165, 1.54) is 11.3 Å². The topological polar surface area (TPSA) is 124 Å². The highest BCUT2D eigenvalue weighted by Crippen LogP contribution is 2.39. The fourth-order valence-corrected chi connectivity index (χ4v) is 8.40. The molecule has 0 N–H and O–H groups in total. The van der Waals surface area contributed by atoms with Crippen LogP contribution in [0.3, 0.4) is 0 Å². The maximum atomic E-state index is 13.1. The number of carbonyl (C=O) groups is 2. The van der Waals surface area contributed by atoms with Gasteiger partial charge in [0.1, 0.15) is 12.3 Å². The van der Waals surface area contributed by atoms with Crippen LogP contribution in [0.25, 0.3) is 10.2 Å². The van der Waals surface area contributed by atoms with Crippen molar-refractivity contribution in [1.82, 2.24) is 24.6 Å². The van der Waals surface area contributed by atoms with Crippen molar-refractivity contribution in [2.75, 3.05) is 38.3 Å². The van der Waals surface area contributed by atoms with Gasteiger partial charge in [-0.2, -0.15) is 4.99 Å². The standard InChI is InChI=1S/C35H49N7O5S2Si/c1-10-46-31(43)28-29(24-15-17-41(18-16-24)34(44)47-35(3,4)5)49-32(36-28)40(6)27-21-23(2)30(39-38-27)37-33-42(22-45-19-20-50(7,8)9)25-13-11-12-14-26(25)48-33/h11-14,21,24H,10,15-20,22H2,1-9H3/b37-33-. The maximum Gasteiger partial charge on any atom is 0.410 e. The number of fused-ring (bicyclic) bond motifs is 1. The number of thiazole rings is 2. The van der Waals surface area contributed by atoms with E-state index in [1.807, 2.05) is 57.8 Å². The molecule has 0 aliphatic carbocycles. The lowest BCUT2D eigenvalue weighted by Gasteiger charge is -2.33. The summed E-state index contributed by atoms with van der Waals surface area (Å²) >= 11 is 3.04. The van der Waals surface area contributed by atoms with Crippen LogP contribution in [-0.2, 0) is 20.9 Å². The minimum absolute atomic E-state index is 0.0502. The Morgan fingerprint density at radius 1 is 1.10 bits per heavy atom. The van der Waals surface area contributed by atoms with Gasteiger partial charge in [0.05, 0.1) is 16.8 Å². The highest BCUT2D eigenvalue weighted by molar-refractivity contribution is 7.16. The van der Waals surface area contributed by atoms with Gasteiger partial charge in [-0.15, -0.1) is 21.5 Å². The Labute approximate surface area is 303 Å². The van der Waals surface area contributed by atoms with Gasteiger partial charge in [0.2, 0.25) is 0 Å². The summed E-state index contributed by atoms with van der Waals surface area (Å²) in [5.74, 6) is 0.698. The molecule has 5 rings (SSSR count). The zero-order valence-corrected chi connectivity index (χ0v) is 33.2. The Morgan fingerprint density at radius 2 is 1.82 bits per heavy atom. The van der Waals surface area contributed by atoms with E-state index in [4.69, 9.17) is 24.2 Å². The lowest BCUT2D eigenvalue weighted by atomic mass is 9.94. The second-order valence-electron chi connectivity index (χ2n) is 14.7. The molecule has 1 aromatic carbocycles. The molecule has 0 bridgehead atoms. The van der Waals surface area contributed by atoms with E-state index in [0.717, 1.165) is 31.5 Å². The molecule has 0 radical (unpaired) electrons. The molecule has 270 valence electrons. The van der Waals surface area contributed by atoms with Crippen molar-refractivity contribution in [1.29, 1.82) is 0 Å². The number of aromatic nitrogens is 4. The summed E-state index contributed by atoms with van der Waals surface area (Å²) in [7, 11) is 0.653. The second-order valence-corrected chi connectivity index (χ2v) is 22.3. The summed E-state index contributed by atoms with van der Waals surface area (Å²) in [5, 5.41) is 9.67. The van der Waals surface area contributed by atoms with Crippen LogP contribution in [0.1, 0.15) is 67.4 Å². The smallest absolute Gasteiger partial charge is 0.410 e. The third-order valence-corrected chi connectivity index (χ3v) is 12.3. The van der Waals surface area contributed by atoms with Crippen LogP contribution < -0.4 is 9.70 Å². The van der Waals surface area contributed by atoms with Crippen LogP contribution in [0.2, 0.25) is 25.7 Å². The summed E-state index contributed by atoms with van der Waals surface area (Å²) in [6.07, 6.45) is 1.06. The van der Waals surface area contributed by atoms with Crippen molar-refractivity contribution >= 4 is 69.8 Å². The summed E-state index contributed by atoms with van der Waals surface area (Å²) in [6, 6.07) is 11.2. The zero-order valence-electron chi connectivity index (χ0n) is 30.6. The Kier molecular flexibility index (Phi) is 11.8. The van der Waals surface area contributed by atoms with Crippen molar-refractivity contribution < 1.29 is 23.8 Å². The van der Waals surface area contributed by atoms with E-state index in [2.05, 4.69) is 46.5 Å². The van der Waals surface area contributed by atoms with E-state index < -0.39 is 19.6 Å². The molecule has 0 saturated carbocycles. The second kappa shape index (κ2) is 15.7. The predicted molar refractivity (Wildman–Crippen MR) is 202 cm³/mol. The number of amides is 1. The molecule has 50 heavy (non-hydrogen) atoms. The molecule has 0 atom stereocenters. The van der Waals surface area contributed by atoms with Crippen molar-refractivity contribution in [3.05, 3.63) is 51.3 Å². The number of ether oxygens (including phenoxy) is 3. The number of esters is 1. The number of piperidine rings is 1. The third-order valence-electron chi connectivity index (χ3n) is 8.21. The lowest BCUT2D eigenvalue weighted by Crippen LogP contribution is -2.41. The number of benzene rings is 1. The van der Waals surface area contributed by atoms with E-state index >= 15 is 0 Å². The van der Waals surface area contributed by atoms with Crippen molar-refractivity contribution in [3.63, 3.8) is 0 Å². The molecular formula is C35H49N7O5S2Si. The Morgan fingerprint density at radius 3 is 2.48 bits per heavy atom. The number of rotatable bonds is 11. The quantitative estimate of drug-likeness (QED) is 0.0859. The number of nitrogens with zero attached hydrogens (tertiary/aromatic N) is 7. The van der Waals surface area contributed by atoms with Gasteiger partial charge in [-0.1, -0.05) is 43.1 Å². The van der Waals surface area contributed by atoms with E-state index in [-0.39, 0.29) is 18.6 Å². The maximum absolute atomic E-state index is 13.1. The van der Waals surface area contributed by atoms with Crippen molar-refractivity contribution in [2.45, 2.75) is 91.4 Å². The fraction of sp³-hybridized carbons (Fsp3) is 0.543. The van der Waals surface area contributed by atoms with Gasteiger partial charge in [0, 0.05) is 39.7 Å². The van der Waals surface area contributed by atoms with Crippen LogP contribution in [0.5, 0.6) is 0 Å². The molecule has 1 aliphatic heterocycles. The normalized spacial score (nSPS) is 14.7. The van der Waals surface area contributed by atoms with Gasteiger partial charge in [-0.25, -0.2) is 14.6 Å². The van der Waals surface area contributed by atoms with Gasteiger partial charge < -0.3 is 24.0 Å². The zero-order chi connectivity index (χ0) is 36.2. The van der Waals surface area contributed by atoms with Gasteiger partial charge in [0.15, 0.2) is 27.3 Å². The summed E-state index contributed by atoms with van der Waals surface area (Å²) in [6.45, 7) is 18.8. The largest absolute Gasteiger partial charge is 0.461 e. The molecule has 12 nitrogen and oxygen atoms in total. The number of aryl methyl sites for hydroxylation is 1. The molecule has 3 aromatic heterocycles. The Bertz CT molecular complexity index is 1880. The van der Waals surface area contributed by atoms with Gasteiger partial charge in [0.25, 0.3) is 0 Å². The first kappa shape index (κ1) is 37.6. The minimum Gasteiger partial charge on any atom is -0.461 e. The van der Waals surface area contributed by atoms with Crippen LogP contribution in [0.4, 0.5) is 21.6 Å². The minimum atomic E-state index is -1.21. The van der Waals surface area contributed by atoms with E-state index in [0.29, 0.717) is 61.7 Å². The monoisotopic (exact) mass is 739 g/mol. The van der Waals surface area contributed by atoms with Crippen molar-refractivity contribution in [3.8, 4) is 0 Å². The first-order chi connectivity index (χ1) is 23.6. The third kappa shape index (κ3) is 9.36. The highest BCUT2D eigenvalue weighted by Gasteiger charge is 2.33. The molecule has 1 aliphatic rings. The fourth-order valence-electron chi connectivity index (χ4n) is 5.43. The van der Waals surface area contributed by atoms with Crippen molar-refractivity contribution in [2.24, 2.45) is 4.99 Å². The number of anilines is 2. The van der Waals surface area contributed by atoms with E-state index in [9.17, 15) is 9.59 Å². The predicted octanol–water partition coefficient (Wildman–Crippen LogP) is 7.86. The first-order valence-electron chi connectivity index (χ1n) is 17.1. The SMILES string of the molecule is CCOC(=O)c1nc(N(C)c2cc(C)c(/N=c3\sc4ccccc4n3COCC[Si](C)(C)C)nn2)sc1C1CCN(C(=O)OC(C)(C)C)CC1. The molecule has 4 aromatic rings. The molecule has 0 spiro atoms. The molecule has 1 amide bonds.